The SMILES string of the molecule is CCCn1c(COC(=O)c2ccc(S(N)(=O)=O)o2)nc2cc(S(=O)(=O)N(C)C)ccc21. The van der Waals surface area contributed by atoms with Gasteiger partial charge in [0.15, 0.2) is 0 Å². The number of carbonyl (C=O) groups excluding carboxylic acids is 1. The standard InChI is InChI=1S/C18H22N4O7S2/c1-4-9-22-14-6-5-12(31(26,27)21(2)3)10-13(14)20-16(22)11-28-18(23)15-7-8-17(29-15)30(19,24)25/h5-8,10H,4,9,11H2,1-3H3,(H2,19,24,25). The van der Waals surface area contributed by atoms with Gasteiger partial charge < -0.3 is 13.7 Å². The number of ether oxygens (including phenoxy) is 1. The van der Waals surface area contributed by atoms with Crippen LogP contribution in [0.2, 0.25) is 0 Å². The number of nitrogens with two attached hydrogens (primary N) is 1. The molecule has 11 nitrogen and oxygen atoms in total. The fourth-order valence-electron chi connectivity index (χ4n) is 2.90. The Labute approximate surface area is 179 Å². The van der Waals surface area contributed by atoms with Gasteiger partial charge in [-0.3, -0.25) is 0 Å². The molecule has 0 aliphatic carbocycles. The van der Waals surface area contributed by atoms with Crippen molar-refractivity contribution >= 4 is 37.0 Å². The average Bonchev–Trinajstić information content (AvgIpc) is 3.31. The first-order valence-corrected chi connectivity index (χ1v) is 12.1. The van der Waals surface area contributed by atoms with Crippen molar-refractivity contribution in [1.29, 1.82) is 0 Å². The van der Waals surface area contributed by atoms with E-state index in [1.165, 1.54) is 26.2 Å². The van der Waals surface area contributed by atoms with E-state index in [0.717, 1.165) is 22.9 Å². The maximum atomic E-state index is 12.4. The quantitative estimate of drug-likeness (QED) is 0.483. The van der Waals surface area contributed by atoms with Crippen molar-refractivity contribution in [2.45, 2.75) is 36.5 Å². The van der Waals surface area contributed by atoms with E-state index < -0.39 is 31.1 Å². The maximum absolute atomic E-state index is 12.4. The lowest BCUT2D eigenvalue weighted by Gasteiger charge is -2.11. The summed E-state index contributed by atoms with van der Waals surface area (Å²) >= 11 is 0. The molecule has 1 aromatic carbocycles. The minimum atomic E-state index is -4.08. The molecule has 2 N–H and O–H groups in total. The molecule has 0 aliphatic heterocycles. The number of rotatable bonds is 8. The Kier molecular flexibility index (Phi) is 6.23. The van der Waals surface area contributed by atoms with Gasteiger partial charge >= 0.3 is 5.97 Å². The smallest absolute Gasteiger partial charge is 0.374 e. The van der Waals surface area contributed by atoms with Crippen LogP contribution in [0.15, 0.2) is 44.7 Å². The lowest BCUT2D eigenvalue weighted by Crippen LogP contribution is -2.22. The Bertz CT molecular complexity index is 1340. The molecule has 168 valence electrons. The zero-order valence-corrected chi connectivity index (χ0v) is 18.7. The van der Waals surface area contributed by atoms with Gasteiger partial charge in [-0.2, -0.15) is 0 Å². The molecule has 0 saturated carbocycles. The van der Waals surface area contributed by atoms with Crippen molar-refractivity contribution in [2.24, 2.45) is 5.14 Å². The Morgan fingerprint density at radius 2 is 1.90 bits per heavy atom. The molecule has 3 rings (SSSR count). The van der Waals surface area contributed by atoms with Gasteiger partial charge in [0.05, 0.1) is 15.9 Å². The third-order valence-electron chi connectivity index (χ3n) is 4.42. The minimum Gasteiger partial charge on any atom is -0.452 e. The van der Waals surface area contributed by atoms with Crippen molar-refractivity contribution in [1.82, 2.24) is 13.9 Å². The number of benzene rings is 1. The molecule has 2 heterocycles. The third-order valence-corrected chi connectivity index (χ3v) is 7.01. The van der Waals surface area contributed by atoms with Gasteiger partial charge in [-0.25, -0.2) is 36.1 Å². The number of esters is 1. The van der Waals surface area contributed by atoms with Gasteiger partial charge in [-0.1, -0.05) is 6.92 Å². The molecule has 0 bridgehead atoms. The lowest BCUT2D eigenvalue weighted by molar-refractivity contribution is 0.0416. The predicted octanol–water partition coefficient (Wildman–Crippen LogP) is 1.29. The molecule has 0 unspecified atom stereocenters. The van der Waals surface area contributed by atoms with Crippen molar-refractivity contribution < 1.29 is 30.8 Å². The topological polar surface area (TPSA) is 155 Å². The molecule has 13 heteroatoms. The van der Waals surface area contributed by atoms with Crippen LogP contribution in [0.1, 0.15) is 29.7 Å². The van der Waals surface area contributed by atoms with Crippen molar-refractivity contribution in [2.75, 3.05) is 14.1 Å². The summed E-state index contributed by atoms with van der Waals surface area (Å²) in [6.07, 6.45) is 0.764. The number of hydrogen-bond donors (Lipinski definition) is 1. The zero-order chi connectivity index (χ0) is 23.0. The van der Waals surface area contributed by atoms with Crippen molar-refractivity contribution in [3.8, 4) is 0 Å². The van der Waals surface area contributed by atoms with E-state index in [0.29, 0.717) is 23.4 Å². The van der Waals surface area contributed by atoms with Crippen LogP contribution in [0.3, 0.4) is 0 Å². The van der Waals surface area contributed by atoms with Crippen molar-refractivity contribution in [3.63, 3.8) is 0 Å². The van der Waals surface area contributed by atoms with Gasteiger partial charge in [-0.05, 0) is 36.8 Å². The van der Waals surface area contributed by atoms with E-state index in [1.807, 2.05) is 11.5 Å². The molecule has 0 radical (unpaired) electrons. The first kappa shape index (κ1) is 22.9. The van der Waals surface area contributed by atoms with Crippen LogP contribution in [0.4, 0.5) is 0 Å². The lowest BCUT2D eigenvalue weighted by atomic mass is 10.3. The first-order chi connectivity index (χ1) is 14.4. The highest BCUT2D eigenvalue weighted by molar-refractivity contribution is 7.89. The number of imidazole rings is 1. The van der Waals surface area contributed by atoms with Gasteiger partial charge in [-0.15, -0.1) is 0 Å². The third kappa shape index (κ3) is 4.63. The molecular formula is C18H22N4O7S2. The summed E-state index contributed by atoms with van der Waals surface area (Å²) in [5, 5.41) is 4.41. The first-order valence-electron chi connectivity index (χ1n) is 9.16. The van der Waals surface area contributed by atoms with Crippen LogP contribution in [0, 0.1) is 0 Å². The van der Waals surface area contributed by atoms with Gasteiger partial charge in [0, 0.05) is 20.6 Å². The summed E-state index contributed by atoms with van der Waals surface area (Å²) < 4.78 is 60.4. The summed E-state index contributed by atoms with van der Waals surface area (Å²) in [5.41, 5.74) is 1.14. The van der Waals surface area contributed by atoms with Crippen LogP contribution >= 0.6 is 0 Å². The van der Waals surface area contributed by atoms with Crippen LogP contribution in [0.5, 0.6) is 0 Å². The number of sulfonamides is 2. The van der Waals surface area contributed by atoms with Crippen LogP contribution in [-0.4, -0.2) is 50.8 Å². The molecule has 0 spiro atoms. The van der Waals surface area contributed by atoms with Crippen LogP contribution in [-0.2, 0) is 37.9 Å². The maximum Gasteiger partial charge on any atom is 0.374 e. The number of primary sulfonamides is 1. The summed E-state index contributed by atoms with van der Waals surface area (Å²) in [5.74, 6) is -0.801. The summed E-state index contributed by atoms with van der Waals surface area (Å²) in [6, 6.07) is 6.83. The van der Waals surface area contributed by atoms with E-state index in [-0.39, 0.29) is 17.3 Å². The molecule has 0 fully saturated rings. The highest BCUT2D eigenvalue weighted by atomic mass is 32.2. The van der Waals surface area contributed by atoms with E-state index >= 15 is 0 Å². The largest absolute Gasteiger partial charge is 0.452 e. The number of aromatic nitrogens is 2. The van der Waals surface area contributed by atoms with E-state index in [2.05, 4.69) is 4.98 Å². The molecule has 3 aromatic rings. The van der Waals surface area contributed by atoms with Crippen molar-refractivity contribution in [3.05, 3.63) is 41.9 Å². The second kappa shape index (κ2) is 8.42. The molecule has 31 heavy (non-hydrogen) atoms. The number of nitrogens with zero attached hydrogens (tertiary/aromatic N) is 3. The number of fused-ring (bicyclic) bond motifs is 1. The summed E-state index contributed by atoms with van der Waals surface area (Å²) in [4.78, 5) is 16.8. The molecule has 2 aromatic heterocycles. The zero-order valence-electron chi connectivity index (χ0n) is 17.1. The second-order valence-corrected chi connectivity index (χ2v) is 10.5. The number of furan rings is 1. The van der Waals surface area contributed by atoms with E-state index in [1.54, 1.807) is 6.07 Å². The van der Waals surface area contributed by atoms with E-state index in [4.69, 9.17) is 14.3 Å². The highest BCUT2D eigenvalue weighted by Crippen LogP contribution is 2.23. The minimum absolute atomic E-state index is 0.0980. The van der Waals surface area contributed by atoms with Gasteiger partial charge in [0.1, 0.15) is 12.4 Å². The monoisotopic (exact) mass is 470 g/mol. The number of carbonyl (C=O) groups is 1. The molecular weight excluding hydrogens is 448 g/mol. The molecule has 0 amide bonds. The van der Waals surface area contributed by atoms with Gasteiger partial charge in [0.2, 0.25) is 20.9 Å². The van der Waals surface area contributed by atoms with Gasteiger partial charge in [0.25, 0.3) is 10.0 Å². The Hall–Kier alpha value is -2.74. The average molecular weight is 471 g/mol. The molecule has 0 atom stereocenters. The number of aryl methyl sites for hydroxylation is 1. The Balaban J connectivity index is 1.89. The fourth-order valence-corrected chi connectivity index (χ4v) is 4.28. The van der Waals surface area contributed by atoms with E-state index in [9.17, 15) is 21.6 Å². The normalized spacial score (nSPS) is 12.5. The van der Waals surface area contributed by atoms with Crippen LogP contribution in [0.25, 0.3) is 11.0 Å². The second-order valence-electron chi connectivity index (χ2n) is 6.86. The predicted molar refractivity (Wildman–Crippen MR) is 110 cm³/mol. The molecule has 0 aliphatic rings. The summed E-state index contributed by atoms with van der Waals surface area (Å²) in [7, 11) is -4.83. The fraction of sp³-hybridized carbons (Fsp3) is 0.333. The Morgan fingerprint density at radius 3 is 2.48 bits per heavy atom. The number of hydrogen-bond acceptors (Lipinski definition) is 8. The Morgan fingerprint density at radius 1 is 1.19 bits per heavy atom. The summed E-state index contributed by atoms with van der Waals surface area (Å²) in [6.45, 7) is 2.30. The van der Waals surface area contributed by atoms with Crippen LogP contribution < -0.4 is 5.14 Å². The molecule has 0 saturated heterocycles. The highest BCUT2D eigenvalue weighted by Gasteiger charge is 2.22.